The van der Waals surface area contributed by atoms with Crippen molar-refractivity contribution < 1.29 is 0 Å². The van der Waals surface area contributed by atoms with Gasteiger partial charge in [-0.2, -0.15) is 0 Å². The van der Waals surface area contributed by atoms with E-state index in [1.54, 1.807) is 0 Å². The number of piperazine rings is 1. The molecule has 28 heavy (non-hydrogen) atoms. The zero-order chi connectivity index (χ0) is 19.5. The Kier molecular flexibility index (Phi) is 6.74. The fourth-order valence-electron chi connectivity index (χ4n) is 4.63. The molecule has 2 aromatic carbocycles. The van der Waals surface area contributed by atoms with Crippen molar-refractivity contribution in [2.24, 2.45) is 0 Å². The molecule has 2 unspecified atom stereocenters. The van der Waals surface area contributed by atoms with Crippen molar-refractivity contribution in [1.29, 1.82) is 0 Å². The smallest absolute Gasteiger partial charge is 0.0475 e. The number of fused-ring (bicyclic) bond motifs is 1. The maximum atomic E-state index is 6.27. The molecular formula is C23H29BrClN3. The van der Waals surface area contributed by atoms with E-state index in [9.17, 15) is 0 Å². The summed E-state index contributed by atoms with van der Waals surface area (Å²) < 4.78 is 1.16. The summed E-state index contributed by atoms with van der Waals surface area (Å²) >= 11 is 9.94. The van der Waals surface area contributed by atoms with Crippen LogP contribution >= 0.6 is 27.5 Å². The molecule has 4 rings (SSSR count). The Labute approximate surface area is 182 Å². The lowest BCUT2D eigenvalue weighted by Gasteiger charge is -2.40. The summed E-state index contributed by atoms with van der Waals surface area (Å²) in [5.74, 6) is 0. The van der Waals surface area contributed by atoms with Gasteiger partial charge in [0.05, 0.1) is 0 Å². The summed E-state index contributed by atoms with van der Waals surface area (Å²) in [6, 6.07) is 16.0. The van der Waals surface area contributed by atoms with E-state index in [1.807, 2.05) is 6.07 Å². The van der Waals surface area contributed by atoms with Gasteiger partial charge in [-0.25, -0.2) is 0 Å². The maximum absolute atomic E-state index is 6.27. The Morgan fingerprint density at radius 3 is 2.82 bits per heavy atom. The van der Waals surface area contributed by atoms with Crippen molar-refractivity contribution in [3.05, 3.63) is 68.7 Å². The van der Waals surface area contributed by atoms with Crippen LogP contribution in [0.5, 0.6) is 0 Å². The van der Waals surface area contributed by atoms with Crippen LogP contribution in [-0.4, -0.2) is 49.6 Å². The second-order valence-electron chi connectivity index (χ2n) is 8.08. The van der Waals surface area contributed by atoms with Gasteiger partial charge in [-0.15, -0.1) is 0 Å². The molecule has 1 fully saturated rings. The maximum Gasteiger partial charge on any atom is 0.0475 e. The van der Waals surface area contributed by atoms with Crippen LogP contribution in [-0.2, 0) is 6.42 Å². The van der Waals surface area contributed by atoms with E-state index in [4.69, 9.17) is 11.6 Å². The second-order valence-corrected chi connectivity index (χ2v) is 9.37. The molecule has 1 saturated heterocycles. The molecule has 2 aliphatic rings. The Bertz CT molecular complexity index is 798. The fraction of sp³-hybridized carbons (Fsp3) is 0.478. The Morgan fingerprint density at radius 2 is 2.00 bits per heavy atom. The Morgan fingerprint density at radius 1 is 1.18 bits per heavy atom. The van der Waals surface area contributed by atoms with Gasteiger partial charge in [0.25, 0.3) is 0 Å². The van der Waals surface area contributed by atoms with Crippen LogP contribution in [0.25, 0.3) is 0 Å². The van der Waals surface area contributed by atoms with Crippen molar-refractivity contribution in [2.75, 3.05) is 39.8 Å². The number of hydrogen-bond acceptors (Lipinski definition) is 3. The van der Waals surface area contributed by atoms with Gasteiger partial charge in [0.15, 0.2) is 0 Å². The predicted molar refractivity (Wildman–Crippen MR) is 121 cm³/mol. The zero-order valence-corrected chi connectivity index (χ0v) is 18.8. The third-order valence-electron chi connectivity index (χ3n) is 6.14. The third kappa shape index (κ3) is 4.63. The van der Waals surface area contributed by atoms with E-state index in [-0.39, 0.29) is 0 Å². The molecule has 1 aliphatic carbocycles. The van der Waals surface area contributed by atoms with Crippen LogP contribution in [0.15, 0.2) is 46.9 Å². The first-order valence-corrected chi connectivity index (χ1v) is 11.5. The lowest BCUT2D eigenvalue weighted by Crippen LogP contribution is -2.47. The summed E-state index contributed by atoms with van der Waals surface area (Å²) in [7, 11) is 2.23. The molecule has 150 valence electrons. The molecule has 5 heteroatoms. The first-order chi connectivity index (χ1) is 13.6. The van der Waals surface area contributed by atoms with Crippen LogP contribution in [0, 0.1) is 0 Å². The largest absolute Gasteiger partial charge is 0.310 e. The number of halogens is 2. The lowest BCUT2D eigenvalue weighted by atomic mass is 10.0. The van der Waals surface area contributed by atoms with Crippen LogP contribution < -0.4 is 5.32 Å². The number of nitrogens with zero attached hydrogens (tertiary/aromatic N) is 2. The van der Waals surface area contributed by atoms with Crippen molar-refractivity contribution in [3.63, 3.8) is 0 Å². The minimum absolute atomic E-state index is 0.433. The van der Waals surface area contributed by atoms with E-state index in [1.165, 1.54) is 23.1 Å². The number of rotatable bonds is 6. The third-order valence-corrected chi connectivity index (χ3v) is 7.07. The molecular weight excluding hydrogens is 434 g/mol. The van der Waals surface area contributed by atoms with Crippen molar-refractivity contribution in [1.82, 2.24) is 15.1 Å². The van der Waals surface area contributed by atoms with Crippen molar-refractivity contribution >= 4 is 27.5 Å². The number of hydrogen-bond donors (Lipinski definition) is 1. The SMILES string of the molecule is CN1CCN(CCCNC2CCc3c(Br)cc(Cl)cc32)C(c2ccccc2)C1. The normalized spacial score (nSPS) is 23.1. The molecule has 3 nitrogen and oxygen atoms in total. The van der Waals surface area contributed by atoms with Gasteiger partial charge in [-0.1, -0.05) is 57.9 Å². The molecule has 0 bridgehead atoms. The minimum atomic E-state index is 0.433. The molecule has 1 aliphatic heterocycles. The average Bonchev–Trinajstić information content (AvgIpc) is 3.10. The van der Waals surface area contributed by atoms with Crippen molar-refractivity contribution in [2.45, 2.75) is 31.3 Å². The van der Waals surface area contributed by atoms with E-state index < -0.39 is 0 Å². The van der Waals surface area contributed by atoms with Crippen molar-refractivity contribution in [3.8, 4) is 0 Å². The fourth-order valence-corrected chi connectivity index (χ4v) is 5.66. The summed E-state index contributed by atoms with van der Waals surface area (Å²) in [4.78, 5) is 5.11. The van der Waals surface area contributed by atoms with Gasteiger partial charge in [0.1, 0.15) is 0 Å². The molecule has 0 amide bonds. The molecule has 1 N–H and O–H groups in total. The highest BCUT2D eigenvalue weighted by atomic mass is 79.9. The van der Waals surface area contributed by atoms with Crippen LogP contribution in [0.4, 0.5) is 0 Å². The molecule has 0 aromatic heterocycles. The number of benzene rings is 2. The van der Waals surface area contributed by atoms with E-state index in [2.05, 4.69) is 74.5 Å². The van der Waals surface area contributed by atoms with E-state index in [0.717, 1.165) is 55.1 Å². The highest BCUT2D eigenvalue weighted by Crippen LogP contribution is 2.38. The Hall–Kier alpha value is -0.910. The summed E-state index contributed by atoms with van der Waals surface area (Å²) in [6.45, 7) is 5.59. The zero-order valence-electron chi connectivity index (χ0n) is 16.5. The van der Waals surface area contributed by atoms with Gasteiger partial charge in [0, 0.05) is 47.8 Å². The van der Waals surface area contributed by atoms with Gasteiger partial charge >= 0.3 is 0 Å². The monoisotopic (exact) mass is 461 g/mol. The number of likely N-dealkylation sites (N-methyl/N-ethyl adjacent to an activating group) is 1. The molecule has 2 atom stereocenters. The van der Waals surface area contributed by atoms with E-state index >= 15 is 0 Å². The molecule has 1 heterocycles. The molecule has 0 radical (unpaired) electrons. The van der Waals surface area contributed by atoms with Gasteiger partial charge in [-0.05, 0) is 61.7 Å². The molecule has 0 spiro atoms. The summed E-state index contributed by atoms with van der Waals surface area (Å²) in [6.07, 6.45) is 3.45. The highest BCUT2D eigenvalue weighted by molar-refractivity contribution is 9.10. The lowest BCUT2D eigenvalue weighted by molar-refractivity contribution is 0.0886. The summed E-state index contributed by atoms with van der Waals surface area (Å²) in [5, 5.41) is 4.60. The quantitative estimate of drug-likeness (QED) is 0.605. The minimum Gasteiger partial charge on any atom is -0.310 e. The van der Waals surface area contributed by atoms with Gasteiger partial charge in [0.2, 0.25) is 0 Å². The molecule has 2 aromatic rings. The first kappa shape index (κ1) is 20.4. The van der Waals surface area contributed by atoms with Gasteiger partial charge in [-0.3, -0.25) is 4.90 Å². The second kappa shape index (κ2) is 9.27. The van der Waals surface area contributed by atoms with Crippen LogP contribution in [0.1, 0.15) is 41.6 Å². The van der Waals surface area contributed by atoms with Crippen LogP contribution in [0.3, 0.4) is 0 Å². The first-order valence-electron chi connectivity index (χ1n) is 10.3. The predicted octanol–water partition coefficient (Wildman–Crippen LogP) is 5.06. The molecule has 0 saturated carbocycles. The standard InChI is InChI=1S/C23H29BrClN3/c1-27-12-13-28(23(16-27)17-6-3-2-4-7-17)11-5-10-26-22-9-8-19-20(22)14-18(25)15-21(19)24/h2-4,6-7,14-15,22-23,26H,5,8-13,16H2,1H3. The number of nitrogens with one attached hydrogen (secondary N) is 1. The Balaban J connectivity index is 1.32. The van der Waals surface area contributed by atoms with Gasteiger partial charge < -0.3 is 10.2 Å². The topological polar surface area (TPSA) is 18.5 Å². The average molecular weight is 463 g/mol. The summed E-state index contributed by atoms with van der Waals surface area (Å²) in [5.41, 5.74) is 4.23. The highest BCUT2D eigenvalue weighted by Gasteiger charge is 2.27. The van der Waals surface area contributed by atoms with E-state index in [0.29, 0.717) is 12.1 Å². The van der Waals surface area contributed by atoms with Crippen LogP contribution in [0.2, 0.25) is 5.02 Å².